The molecule has 0 unspecified atom stereocenters. The molecule has 1 saturated heterocycles. The predicted octanol–water partition coefficient (Wildman–Crippen LogP) is 3.75. The lowest BCUT2D eigenvalue weighted by Crippen LogP contribution is -2.51. The molecule has 0 radical (unpaired) electrons. The van der Waals surface area contributed by atoms with Gasteiger partial charge in [-0.3, -0.25) is 4.90 Å². The van der Waals surface area contributed by atoms with E-state index in [1.807, 2.05) is 6.92 Å². The Morgan fingerprint density at radius 2 is 2.00 bits per heavy atom. The molecule has 0 atom stereocenters. The molecule has 0 N–H and O–H groups in total. The highest BCUT2D eigenvalue weighted by Crippen LogP contribution is 2.52. The maximum absolute atomic E-state index is 13.0. The van der Waals surface area contributed by atoms with E-state index < -0.39 is 17.9 Å². The minimum Gasteiger partial charge on any atom is -0.465 e. The molecule has 0 bridgehead atoms. The minimum absolute atomic E-state index is 0.361. The number of methoxy groups -OCH3 is 1. The Bertz CT molecular complexity index is 727. The minimum atomic E-state index is -0.709. The largest absolute Gasteiger partial charge is 0.465 e. The zero-order valence-corrected chi connectivity index (χ0v) is 15.8. The first kappa shape index (κ1) is 17.9. The van der Waals surface area contributed by atoms with Gasteiger partial charge in [0.05, 0.1) is 17.7 Å². The first-order valence-corrected chi connectivity index (χ1v) is 9.44. The number of esters is 1. The third kappa shape index (κ3) is 3.03. The van der Waals surface area contributed by atoms with Crippen molar-refractivity contribution in [2.75, 3.05) is 26.7 Å². The molecule has 1 aromatic rings. The molecule has 5 nitrogen and oxygen atoms in total. The van der Waals surface area contributed by atoms with Crippen LogP contribution in [0.1, 0.15) is 41.6 Å². The van der Waals surface area contributed by atoms with Crippen molar-refractivity contribution in [3.63, 3.8) is 0 Å². The average molecular weight is 384 g/mol. The Kier molecular flexibility index (Phi) is 4.51. The summed E-state index contributed by atoms with van der Waals surface area (Å²) in [6, 6.07) is 1.58. The fourth-order valence-corrected chi connectivity index (χ4v) is 4.39. The number of nitrogens with zero attached hydrogens (tertiary/aromatic N) is 1. The van der Waals surface area contributed by atoms with Gasteiger partial charge in [0.2, 0.25) is 0 Å². The molecule has 4 rings (SSSR count). The number of rotatable bonds is 3. The van der Waals surface area contributed by atoms with Crippen LogP contribution in [-0.2, 0) is 4.74 Å². The maximum atomic E-state index is 13.0. The molecule has 1 saturated carbocycles. The van der Waals surface area contributed by atoms with E-state index in [0.717, 1.165) is 32.2 Å². The van der Waals surface area contributed by atoms with E-state index in [4.69, 9.17) is 25.8 Å². The van der Waals surface area contributed by atoms with Gasteiger partial charge in [-0.2, -0.15) is 0 Å². The fourth-order valence-electron chi connectivity index (χ4n) is 4.16. The summed E-state index contributed by atoms with van der Waals surface area (Å²) in [6.07, 6.45) is 2.77. The summed E-state index contributed by atoms with van der Waals surface area (Å²) in [4.78, 5) is 14.1. The molecule has 1 aliphatic carbocycles. The molecule has 3 aliphatic rings. The number of alkyl halides is 1. The number of carbonyl (C=O) groups excluding carboxylic acids is 1. The Balaban J connectivity index is 1.46. The van der Waals surface area contributed by atoms with Crippen LogP contribution >= 0.6 is 11.6 Å². The number of benzene rings is 1. The first-order valence-electron chi connectivity index (χ1n) is 9.06. The summed E-state index contributed by atoms with van der Waals surface area (Å²) in [5, 5.41) is 0.361. The van der Waals surface area contributed by atoms with E-state index in [0.29, 0.717) is 46.7 Å². The monoisotopic (exact) mass is 383 g/mol. The number of ether oxygens (including phenoxy) is 3. The SMILES string of the molecule is COC(=O)c1cc(Cl)c2c(c1C)OC1(CCC(CN3CC(F)C3)CC1)O2. The van der Waals surface area contributed by atoms with Gasteiger partial charge in [-0.15, -0.1) is 0 Å². The van der Waals surface area contributed by atoms with Crippen molar-refractivity contribution in [2.45, 2.75) is 44.6 Å². The van der Waals surface area contributed by atoms with Crippen LogP contribution < -0.4 is 9.47 Å². The van der Waals surface area contributed by atoms with E-state index in [2.05, 4.69) is 4.90 Å². The zero-order chi connectivity index (χ0) is 18.5. The third-order valence-electron chi connectivity index (χ3n) is 5.72. The van der Waals surface area contributed by atoms with Gasteiger partial charge in [0.25, 0.3) is 5.79 Å². The molecule has 7 heteroatoms. The Morgan fingerprint density at radius 3 is 2.62 bits per heavy atom. The Hall–Kier alpha value is -1.53. The molecular weight excluding hydrogens is 361 g/mol. The van der Waals surface area contributed by atoms with Crippen LogP contribution in [0.2, 0.25) is 5.02 Å². The first-order chi connectivity index (χ1) is 12.4. The summed E-state index contributed by atoms with van der Waals surface area (Å²) < 4.78 is 30.1. The Morgan fingerprint density at radius 1 is 1.35 bits per heavy atom. The number of fused-ring (bicyclic) bond motifs is 1. The van der Waals surface area contributed by atoms with Crippen LogP contribution in [0.4, 0.5) is 4.39 Å². The van der Waals surface area contributed by atoms with E-state index in [9.17, 15) is 9.18 Å². The van der Waals surface area contributed by atoms with Gasteiger partial charge >= 0.3 is 5.97 Å². The van der Waals surface area contributed by atoms with Crippen molar-refractivity contribution >= 4 is 17.6 Å². The summed E-state index contributed by atoms with van der Waals surface area (Å²) >= 11 is 6.33. The van der Waals surface area contributed by atoms with Gasteiger partial charge in [0.1, 0.15) is 6.17 Å². The second-order valence-electron chi connectivity index (χ2n) is 7.55. The Labute approximate surface area is 157 Å². The van der Waals surface area contributed by atoms with Gasteiger partial charge < -0.3 is 14.2 Å². The highest BCUT2D eigenvalue weighted by molar-refractivity contribution is 6.32. The molecule has 2 aliphatic heterocycles. The van der Waals surface area contributed by atoms with Crippen molar-refractivity contribution in [2.24, 2.45) is 5.92 Å². The lowest BCUT2D eigenvalue weighted by atomic mass is 9.84. The summed E-state index contributed by atoms with van der Waals surface area (Å²) in [5.74, 6) is 0.435. The highest BCUT2D eigenvalue weighted by atomic mass is 35.5. The standard InChI is InChI=1S/C19H23ClFNO4/c1-11-14(18(23)24-2)7-15(20)17-16(11)25-19(26-17)5-3-12(4-6-19)8-22-9-13(21)10-22/h7,12-13H,3-6,8-10H2,1-2H3. The van der Waals surface area contributed by atoms with E-state index in [1.165, 1.54) is 7.11 Å². The zero-order valence-electron chi connectivity index (χ0n) is 15.0. The number of carbonyl (C=O) groups is 1. The predicted molar refractivity (Wildman–Crippen MR) is 94.8 cm³/mol. The molecule has 0 amide bonds. The molecule has 1 aromatic carbocycles. The second-order valence-corrected chi connectivity index (χ2v) is 7.96. The highest BCUT2D eigenvalue weighted by Gasteiger charge is 2.47. The van der Waals surface area contributed by atoms with Crippen LogP contribution in [0.15, 0.2) is 6.07 Å². The number of likely N-dealkylation sites (tertiary alicyclic amines) is 1. The van der Waals surface area contributed by atoms with E-state index in [-0.39, 0.29) is 0 Å². The summed E-state index contributed by atoms with van der Waals surface area (Å²) in [5.41, 5.74) is 1.08. The van der Waals surface area contributed by atoms with Crippen molar-refractivity contribution in [3.05, 3.63) is 22.2 Å². The molecule has 2 fully saturated rings. The lowest BCUT2D eigenvalue weighted by Gasteiger charge is -2.40. The van der Waals surface area contributed by atoms with E-state index in [1.54, 1.807) is 6.07 Å². The molecule has 0 aromatic heterocycles. The quantitative estimate of drug-likeness (QED) is 0.744. The third-order valence-corrected chi connectivity index (χ3v) is 6.00. The van der Waals surface area contributed by atoms with Crippen LogP contribution in [0, 0.1) is 12.8 Å². The second kappa shape index (κ2) is 6.57. The number of hydrogen-bond donors (Lipinski definition) is 0. The number of hydrogen-bond acceptors (Lipinski definition) is 5. The van der Waals surface area contributed by atoms with Crippen LogP contribution in [0.25, 0.3) is 0 Å². The van der Waals surface area contributed by atoms with Gasteiger partial charge in [0.15, 0.2) is 11.5 Å². The van der Waals surface area contributed by atoms with Gasteiger partial charge in [-0.05, 0) is 31.7 Å². The van der Waals surface area contributed by atoms with Gasteiger partial charge in [-0.1, -0.05) is 11.6 Å². The maximum Gasteiger partial charge on any atom is 0.338 e. The topological polar surface area (TPSA) is 48.0 Å². The molecule has 142 valence electrons. The van der Waals surface area contributed by atoms with Crippen molar-refractivity contribution in [3.8, 4) is 11.5 Å². The smallest absolute Gasteiger partial charge is 0.338 e. The van der Waals surface area contributed by atoms with Crippen molar-refractivity contribution in [1.29, 1.82) is 0 Å². The molecule has 26 heavy (non-hydrogen) atoms. The van der Waals surface area contributed by atoms with Gasteiger partial charge in [0, 0.05) is 38.0 Å². The average Bonchev–Trinajstić information content (AvgIpc) is 2.98. The molecule has 1 spiro atoms. The lowest BCUT2D eigenvalue weighted by molar-refractivity contribution is -0.117. The van der Waals surface area contributed by atoms with Gasteiger partial charge in [-0.25, -0.2) is 9.18 Å². The van der Waals surface area contributed by atoms with Crippen LogP contribution in [0.5, 0.6) is 11.5 Å². The fraction of sp³-hybridized carbons (Fsp3) is 0.632. The molecule has 2 heterocycles. The van der Waals surface area contributed by atoms with Crippen LogP contribution in [0.3, 0.4) is 0 Å². The van der Waals surface area contributed by atoms with Crippen molar-refractivity contribution in [1.82, 2.24) is 4.90 Å². The molecular formula is C19H23ClFNO4. The number of halogens is 2. The summed E-state index contributed by atoms with van der Waals surface area (Å²) in [6.45, 7) is 3.87. The van der Waals surface area contributed by atoms with Crippen LogP contribution in [-0.4, -0.2) is 49.6 Å². The van der Waals surface area contributed by atoms with E-state index >= 15 is 0 Å². The summed E-state index contributed by atoms with van der Waals surface area (Å²) in [7, 11) is 1.34. The normalized spacial score (nSPS) is 28.2. The van der Waals surface area contributed by atoms with Crippen molar-refractivity contribution < 1.29 is 23.4 Å².